The van der Waals surface area contributed by atoms with Crippen molar-refractivity contribution in [3.8, 4) is 0 Å². The van der Waals surface area contributed by atoms with Crippen LogP contribution in [0.3, 0.4) is 0 Å². The minimum atomic E-state index is -4.10. The molecule has 2 aromatic rings. The van der Waals surface area contributed by atoms with Crippen LogP contribution in [0.25, 0.3) is 0 Å². The Morgan fingerprint density at radius 2 is 1.52 bits per heavy atom. The van der Waals surface area contributed by atoms with Crippen LogP contribution in [0.5, 0.6) is 0 Å². The summed E-state index contributed by atoms with van der Waals surface area (Å²) in [4.78, 5) is 1.36. The van der Waals surface area contributed by atoms with E-state index in [-0.39, 0.29) is 16.3 Å². The van der Waals surface area contributed by atoms with Crippen molar-refractivity contribution in [2.24, 2.45) is 0 Å². The molecule has 148 valence electrons. The topological polar surface area (TPSA) is 95.6 Å². The highest BCUT2D eigenvalue weighted by molar-refractivity contribution is 7.94. The van der Waals surface area contributed by atoms with Gasteiger partial charge in [0.1, 0.15) is 9.79 Å². The fraction of sp³-hybridized carbons (Fsp3) is 0.333. The Labute approximate surface area is 161 Å². The highest BCUT2D eigenvalue weighted by Gasteiger charge is 2.26. The average molecular weight is 412 g/mol. The Kier molecular flexibility index (Phi) is 6.63. The molecule has 0 amide bonds. The number of aryl methyl sites for hydroxylation is 1. The molecule has 2 aromatic carbocycles. The molecule has 0 aromatic heterocycles. The number of hydrogen-bond acceptors (Lipinski definition) is 5. The van der Waals surface area contributed by atoms with Crippen LogP contribution >= 0.6 is 0 Å². The number of nitrogens with zero attached hydrogens (tertiary/aromatic N) is 1. The molecule has 0 unspecified atom stereocenters. The summed E-state index contributed by atoms with van der Waals surface area (Å²) in [5.41, 5.74) is 2.23. The van der Waals surface area contributed by atoms with E-state index in [4.69, 9.17) is 0 Å². The standard InChI is InChI=1S/C18H25N3O4S2/c1-5-19-26(22,23)17-8-6-7-9-18(17)27(24,25)20-16-11-10-14(2)12-15(16)13-21(3)4/h6-12,19-20H,5,13H2,1-4H3. The van der Waals surface area contributed by atoms with E-state index >= 15 is 0 Å². The summed E-state index contributed by atoms with van der Waals surface area (Å²) in [6.45, 7) is 4.26. The molecule has 0 heterocycles. The Balaban J connectivity index is 2.51. The third kappa shape index (κ3) is 5.29. The van der Waals surface area contributed by atoms with Gasteiger partial charge in [0, 0.05) is 13.1 Å². The van der Waals surface area contributed by atoms with Crippen molar-refractivity contribution in [3.63, 3.8) is 0 Å². The van der Waals surface area contributed by atoms with E-state index < -0.39 is 20.0 Å². The molecule has 0 radical (unpaired) electrons. The first-order valence-corrected chi connectivity index (χ1v) is 11.4. The van der Waals surface area contributed by atoms with Crippen LogP contribution in [0, 0.1) is 6.92 Å². The second kappa shape index (κ2) is 8.39. The molecule has 0 aliphatic rings. The molecule has 0 bridgehead atoms. The van der Waals surface area contributed by atoms with Crippen LogP contribution in [-0.4, -0.2) is 42.4 Å². The van der Waals surface area contributed by atoms with Crippen molar-refractivity contribution in [2.75, 3.05) is 25.4 Å². The van der Waals surface area contributed by atoms with Gasteiger partial charge in [-0.15, -0.1) is 0 Å². The lowest BCUT2D eigenvalue weighted by molar-refractivity contribution is 0.403. The zero-order valence-electron chi connectivity index (χ0n) is 15.9. The van der Waals surface area contributed by atoms with Crippen molar-refractivity contribution in [1.29, 1.82) is 0 Å². The first-order valence-electron chi connectivity index (χ1n) is 8.42. The second-order valence-electron chi connectivity index (χ2n) is 6.45. The molecule has 7 nitrogen and oxygen atoms in total. The molecule has 0 fully saturated rings. The fourth-order valence-corrected chi connectivity index (χ4v) is 5.63. The first-order chi connectivity index (χ1) is 12.6. The van der Waals surface area contributed by atoms with Crippen LogP contribution in [0.4, 0.5) is 5.69 Å². The number of hydrogen-bond donors (Lipinski definition) is 2. The van der Waals surface area contributed by atoms with Crippen LogP contribution in [0.2, 0.25) is 0 Å². The van der Waals surface area contributed by atoms with Gasteiger partial charge in [-0.05, 0) is 44.8 Å². The Hall–Kier alpha value is -1.94. The zero-order chi connectivity index (χ0) is 20.2. The molecule has 2 rings (SSSR count). The van der Waals surface area contributed by atoms with Gasteiger partial charge in [-0.2, -0.15) is 0 Å². The fourth-order valence-electron chi connectivity index (χ4n) is 2.66. The molecule has 0 spiro atoms. The van der Waals surface area contributed by atoms with Crippen LogP contribution < -0.4 is 9.44 Å². The zero-order valence-corrected chi connectivity index (χ0v) is 17.5. The molecular weight excluding hydrogens is 386 g/mol. The Bertz CT molecular complexity index is 1020. The lowest BCUT2D eigenvalue weighted by atomic mass is 10.1. The highest BCUT2D eigenvalue weighted by atomic mass is 32.2. The maximum Gasteiger partial charge on any atom is 0.263 e. The normalized spacial score (nSPS) is 12.3. The van der Waals surface area contributed by atoms with Gasteiger partial charge in [-0.25, -0.2) is 21.6 Å². The van der Waals surface area contributed by atoms with Gasteiger partial charge in [-0.1, -0.05) is 36.8 Å². The Morgan fingerprint density at radius 3 is 2.07 bits per heavy atom. The van der Waals surface area contributed by atoms with Crippen LogP contribution in [0.1, 0.15) is 18.1 Å². The van der Waals surface area contributed by atoms with Gasteiger partial charge in [0.2, 0.25) is 10.0 Å². The lowest BCUT2D eigenvalue weighted by Gasteiger charge is -2.18. The summed E-state index contributed by atoms with van der Waals surface area (Å²) < 4.78 is 55.6. The second-order valence-corrected chi connectivity index (χ2v) is 9.84. The monoisotopic (exact) mass is 411 g/mol. The highest BCUT2D eigenvalue weighted by Crippen LogP contribution is 2.26. The van der Waals surface area contributed by atoms with Gasteiger partial charge in [0.15, 0.2) is 0 Å². The third-order valence-corrected chi connectivity index (χ3v) is 6.91. The van der Waals surface area contributed by atoms with Gasteiger partial charge in [-0.3, -0.25) is 4.72 Å². The molecule has 0 saturated heterocycles. The van der Waals surface area contributed by atoms with E-state index in [9.17, 15) is 16.8 Å². The summed E-state index contributed by atoms with van der Waals surface area (Å²) in [5, 5.41) is 0. The van der Waals surface area contributed by atoms with Gasteiger partial charge in [0.25, 0.3) is 10.0 Å². The minimum absolute atomic E-state index is 0.162. The molecule has 2 N–H and O–H groups in total. The minimum Gasteiger partial charge on any atom is -0.305 e. The van der Waals surface area contributed by atoms with Gasteiger partial charge in [0.05, 0.1) is 5.69 Å². The molecule has 0 aliphatic heterocycles. The number of rotatable bonds is 8. The lowest BCUT2D eigenvalue weighted by Crippen LogP contribution is -2.26. The largest absolute Gasteiger partial charge is 0.305 e. The van der Waals surface area contributed by atoms with E-state index in [1.54, 1.807) is 19.1 Å². The predicted octanol–water partition coefficient (Wildman–Crippen LogP) is 2.16. The number of nitrogens with one attached hydrogen (secondary N) is 2. The van der Waals surface area contributed by atoms with Crippen molar-refractivity contribution in [1.82, 2.24) is 9.62 Å². The van der Waals surface area contributed by atoms with Gasteiger partial charge < -0.3 is 4.90 Å². The maximum absolute atomic E-state index is 13.0. The molecule has 0 aliphatic carbocycles. The Morgan fingerprint density at radius 1 is 0.926 bits per heavy atom. The molecule has 27 heavy (non-hydrogen) atoms. The molecule has 0 saturated carbocycles. The third-order valence-electron chi connectivity index (χ3n) is 3.75. The average Bonchev–Trinajstić information content (AvgIpc) is 2.57. The van der Waals surface area contributed by atoms with E-state index in [1.165, 1.54) is 24.3 Å². The van der Waals surface area contributed by atoms with E-state index in [0.29, 0.717) is 12.2 Å². The predicted molar refractivity (Wildman–Crippen MR) is 107 cm³/mol. The summed E-state index contributed by atoms with van der Waals surface area (Å²) in [7, 11) is -4.26. The van der Waals surface area contributed by atoms with Crippen molar-refractivity contribution >= 4 is 25.7 Å². The van der Waals surface area contributed by atoms with Crippen LogP contribution in [-0.2, 0) is 26.6 Å². The molecule has 9 heteroatoms. The summed E-state index contributed by atoms with van der Waals surface area (Å²) in [6.07, 6.45) is 0. The summed E-state index contributed by atoms with van der Waals surface area (Å²) >= 11 is 0. The van der Waals surface area contributed by atoms with Crippen molar-refractivity contribution in [2.45, 2.75) is 30.2 Å². The van der Waals surface area contributed by atoms with Crippen LogP contribution in [0.15, 0.2) is 52.3 Å². The summed E-state index contributed by atoms with van der Waals surface area (Å²) in [5.74, 6) is 0. The first kappa shape index (κ1) is 21.4. The number of benzene rings is 2. The van der Waals surface area contributed by atoms with Crippen molar-refractivity contribution in [3.05, 3.63) is 53.6 Å². The van der Waals surface area contributed by atoms with E-state index in [2.05, 4.69) is 9.44 Å². The van der Waals surface area contributed by atoms with E-state index in [0.717, 1.165) is 11.1 Å². The molecule has 0 atom stereocenters. The number of sulfonamides is 2. The SMILES string of the molecule is CCNS(=O)(=O)c1ccccc1S(=O)(=O)Nc1ccc(C)cc1CN(C)C. The van der Waals surface area contributed by atoms with Crippen molar-refractivity contribution < 1.29 is 16.8 Å². The maximum atomic E-state index is 13.0. The van der Waals surface area contributed by atoms with Gasteiger partial charge >= 0.3 is 0 Å². The molecular formula is C18H25N3O4S2. The summed E-state index contributed by atoms with van der Waals surface area (Å²) in [6, 6.07) is 10.9. The quantitative estimate of drug-likeness (QED) is 0.694. The van der Waals surface area contributed by atoms with E-state index in [1.807, 2.05) is 32.0 Å². The number of anilines is 1. The smallest absolute Gasteiger partial charge is 0.263 e.